The standard InChI is InChI=1S/C17H18N4O2/c18-6-11-2-1-3-12(4-11)7-21-16-14(5-15(22)17(16)23)13-8-19-10-20-9-13/h1-4,8-10,14-17,21-23H,5,7H2/t14-,15-,16-,17-/m1/s1. The number of nitriles is 1. The Balaban J connectivity index is 1.75. The molecule has 23 heavy (non-hydrogen) atoms. The van der Waals surface area contributed by atoms with Crippen LogP contribution in [-0.4, -0.2) is 38.4 Å². The van der Waals surface area contributed by atoms with Crippen molar-refractivity contribution in [2.75, 3.05) is 0 Å². The number of hydrogen-bond acceptors (Lipinski definition) is 6. The fourth-order valence-electron chi connectivity index (χ4n) is 3.12. The van der Waals surface area contributed by atoms with Crippen LogP contribution in [0.4, 0.5) is 0 Å². The van der Waals surface area contributed by atoms with Crippen molar-refractivity contribution in [1.29, 1.82) is 5.26 Å². The summed E-state index contributed by atoms with van der Waals surface area (Å²) in [6.07, 6.45) is 3.73. The van der Waals surface area contributed by atoms with Gasteiger partial charge in [-0.1, -0.05) is 12.1 Å². The molecule has 118 valence electrons. The van der Waals surface area contributed by atoms with Crippen molar-refractivity contribution in [3.63, 3.8) is 0 Å². The fraction of sp³-hybridized carbons (Fsp3) is 0.353. The number of hydrogen-bond donors (Lipinski definition) is 3. The van der Waals surface area contributed by atoms with Gasteiger partial charge in [-0.15, -0.1) is 0 Å². The minimum Gasteiger partial charge on any atom is -0.390 e. The maximum atomic E-state index is 10.3. The molecule has 1 saturated carbocycles. The average Bonchev–Trinajstić information content (AvgIpc) is 2.89. The van der Waals surface area contributed by atoms with Crippen molar-refractivity contribution < 1.29 is 10.2 Å². The predicted octanol–water partition coefficient (Wildman–Crippen LogP) is 0.716. The van der Waals surface area contributed by atoms with Gasteiger partial charge in [0.2, 0.25) is 0 Å². The van der Waals surface area contributed by atoms with Gasteiger partial charge < -0.3 is 15.5 Å². The molecule has 0 amide bonds. The van der Waals surface area contributed by atoms with E-state index in [9.17, 15) is 10.2 Å². The number of nitrogens with one attached hydrogen (secondary N) is 1. The van der Waals surface area contributed by atoms with Crippen molar-refractivity contribution in [3.05, 3.63) is 59.7 Å². The quantitative estimate of drug-likeness (QED) is 0.769. The summed E-state index contributed by atoms with van der Waals surface area (Å²) in [6.45, 7) is 0.508. The number of aliphatic hydroxyl groups excluding tert-OH is 2. The van der Waals surface area contributed by atoms with Gasteiger partial charge in [0.05, 0.1) is 23.8 Å². The van der Waals surface area contributed by atoms with E-state index < -0.39 is 12.2 Å². The predicted molar refractivity (Wildman–Crippen MR) is 83.2 cm³/mol. The minimum absolute atomic E-state index is 0.0552. The zero-order valence-electron chi connectivity index (χ0n) is 12.5. The summed E-state index contributed by atoms with van der Waals surface area (Å²) in [5.74, 6) is -0.0552. The van der Waals surface area contributed by atoms with Gasteiger partial charge in [0.1, 0.15) is 6.33 Å². The Morgan fingerprint density at radius 1 is 1.26 bits per heavy atom. The van der Waals surface area contributed by atoms with Crippen LogP contribution in [0.5, 0.6) is 0 Å². The first-order valence-electron chi connectivity index (χ1n) is 7.52. The second kappa shape index (κ2) is 6.84. The largest absolute Gasteiger partial charge is 0.390 e. The molecule has 2 aromatic rings. The van der Waals surface area contributed by atoms with Crippen molar-refractivity contribution >= 4 is 0 Å². The first kappa shape index (κ1) is 15.6. The summed E-state index contributed by atoms with van der Waals surface area (Å²) in [5, 5.41) is 32.5. The first-order valence-corrected chi connectivity index (χ1v) is 7.52. The van der Waals surface area contributed by atoms with Crippen LogP contribution >= 0.6 is 0 Å². The van der Waals surface area contributed by atoms with Crippen molar-refractivity contribution in [3.8, 4) is 6.07 Å². The second-order valence-corrected chi connectivity index (χ2v) is 5.79. The van der Waals surface area contributed by atoms with Crippen LogP contribution in [0.1, 0.15) is 29.0 Å². The topological polar surface area (TPSA) is 102 Å². The van der Waals surface area contributed by atoms with Gasteiger partial charge in [0.15, 0.2) is 0 Å². The molecule has 4 atom stereocenters. The van der Waals surface area contributed by atoms with Gasteiger partial charge in [-0.25, -0.2) is 9.97 Å². The highest BCUT2D eigenvalue weighted by molar-refractivity contribution is 5.32. The third kappa shape index (κ3) is 3.37. The van der Waals surface area contributed by atoms with E-state index >= 15 is 0 Å². The zero-order valence-corrected chi connectivity index (χ0v) is 12.5. The van der Waals surface area contributed by atoms with Gasteiger partial charge in [0.25, 0.3) is 0 Å². The van der Waals surface area contributed by atoms with Gasteiger partial charge in [-0.05, 0) is 29.7 Å². The van der Waals surface area contributed by atoms with Crippen LogP contribution < -0.4 is 5.32 Å². The average molecular weight is 310 g/mol. The van der Waals surface area contributed by atoms with E-state index in [-0.39, 0.29) is 12.0 Å². The number of aliphatic hydroxyl groups is 2. The molecule has 3 N–H and O–H groups in total. The van der Waals surface area contributed by atoms with Gasteiger partial charge in [0, 0.05) is 30.9 Å². The molecule has 0 radical (unpaired) electrons. The fourth-order valence-corrected chi connectivity index (χ4v) is 3.12. The van der Waals surface area contributed by atoms with Crippen molar-refractivity contribution in [2.45, 2.75) is 37.1 Å². The summed E-state index contributed by atoms with van der Waals surface area (Å²) in [4.78, 5) is 8.03. The van der Waals surface area contributed by atoms with E-state index in [0.717, 1.165) is 11.1 Å². The molecular weight excluding hydrogens is 292 g/mol. The van der Waals surface area contributed by atoms with E-state index in [0.29, 0.717) is 18.5 Å². The van der Waals surface area contributed by atoms with Crippen molar-refractivity contribution in [2.24, 2.45) is 0 Å². The van der Waals surface area contributed by atoms with Crippen LogP contribution in [0.25, 0.3) is 0 Å². The van der Waals surface area contributed by atoms with Gasteiger partial charge >= 0.3 is 0 Å². The number of benzene rings is 1. The smallest absolute Gasteiger partial charge is 0.115 e. The molecule has 6 nitrogen and oxygen atoms in total. The molecule has 1 aliphatic rings. The monoisotopic (exact) mass is 310 g/mol. The molecule has 0 spiro atoms. The molecule has 0 bridgehead atoms. The molecule has 1 aliphatic carbocycles. The normalized spacial score (nSPS) is 26.8. The lowest BCUT2D eigenvalue weighted by Gasteiger charge is -2.23. The van der Waals surface area contributed by atoms with Crippen LogP contribution in [0.15, 0.2) is 43.0 Å². The molecule has 0 saturated heterocycles. The molecular formula is C17H18N4O2. The summed E-state index contributed by atoms with van der Waals surface area (Å²) >= 11 is 0. The molecule has 1 fully saturated rings. The highest BCUT2D eigenvalue weighted by Crippen LogP contribution is 2.34. The molecule has 1 aromatic carbocycles. The Morgan fingerprint density at radius 2 is 2.04 bits per heavy atom. The highest BCUT2D eigenvalue weighted by atomic mass is 16.3. The molecule has 0 unspecified atom stereocenters. The molecule has 0 aliphatic heterocycles. The Hall–Kier alpha value is -2.33. The number of aromatic nitrogens is 2. The Morgan fingerprint density at radius 3 is 2.78 bits per heavy atom. The molecule has 1 heterocycles. The Labute approximate surface area is 134 Å². The molecule has 1 aromatic heterocycles. The van der Waals surface area contributed by atoms with E-state index in [1.54, 1.807) is 18.5 Å². The Kier molecular flexibility index (Phi) is 4.63. The van der Waals surface area contributed by atoms with E-state index in [1.165, 1.54) is 6.33 Å². The third-order valence-electron chi connectivity index (χ3n) is 4.30. The second-order valence-electron chi connectivity index (χ2n) is 5.79. The number of rotatable bonds is 4. The third-order valence-corrected chi connectivity index (χ3v) is 4.30. The van der Waals surface area contributed by atoms with Crippen molar-refractivity contribution in [1.82, 2.24) is 15.3 Å². The van der Waals surface area contributed by atoms with Crippen LogP contribution in [-0.2, 0) is 6.54 Å². The molecule has 6 heteroatoms. The van der Waals surface area contributed by atoms with Gasteiger partial charge in [-0.3, -0.25) is 0 Å². The minimum atomic E-state index is -0.848. The zero-order chi connectivity index (χ0) is 16.2. The van der Waals surface area contributed by atoms with E-state index in [4.69, 9.17) is 5.26 Å². The number of nitrogens with zero attached hydrogens (tertiary/aromatic N) is 3. The molecule has 3 rings (SSSR count). The maximum absolute atomic E-state index is 10.3. The summed E-state index contributed by atoms with van der Waals surface area (Å²) < 4.78 is 0. The lowest BCUT2D eigenvalue weighted by atomic mass is 9.95. The lowest BCUT2D eigenvalue weighted by molar-refractivity contribution is 0.0297. The Bertz CT molecular complexity index is 701. The lowest BCUT2D eigenvalue weighted by Crippen LogP contribution is -2.41. The van der Waals surface area contributed by atoms with Crippen LogP contribution in [0.2, 0.25) is 0 Å². The van der Waals surface area contributed by atoms with Crippen LogP contribution in [0.3, 0.4) is 0 Å². The maximum Gasteiger partial charge on any atom is 0.115 e. The van der Waals surface area contributed by atoms with E-state index in [2.05, 4.69) is 21.4 Å². The van der Waals surface area contributed by atoms with Gasteiger partial charge in [-0.2, -0.15) is 5.26 Å². The summed E-state index contributed by atoms with van der Waals surface area (Å²) in [6, 6.07) is 9.14. The summed E-state index contributed by atoms with van der Waals surface area (Å²) in [5.41, 5.74) is 2.45. The summed E-state index contributed by atoms with van der Waals surface area (Å²) in [7, 11) is 0. The first-order chi connectivity index (χ1) is 11.2. The SMILES string of the molecule is N#Cc1cccc(CN[C@H]2[C@H](O)[C@H](O)C[C@@H]2c2cncnc2)c1. The van der Waals surface area contributed by atoms with Crippen LogP contribution in [0, 0.1) is 11.3 Å². The van der Waals surface area contributed by atoms with E-state index in [1.807, 2.05) is 18.2 Å². The highest BCUT2D eigenvalue weighted by Gasteiger charge is 2.42.